The molecule has 150 valence electrons. The fourth-order valence-corrected chi connectivity index (χ4v) is 4.71. The number of nitrogens with zero attached hydrogens (tertiary/aromatic N) is 1. The summed E-state index contributed by atoms with van der Waals surface area (Å²) in [5, 5.41) is 10.9. The van der Waals surface area contributed by atoms with Crippen molar-refractivity contribution in [2.45, 2.75) is 76.9 Å². The van der Waals surface area contributed by atoms with E-state index in [0.29, 0.717) is 5.56 Å². The number of hydrogen-bond donors (Lipinski definition) is 1. The minimum absolute atomic E-state index is 0.0562. The van der Waals surface area contributed by atoms with Crippen LogP contribution < -0.4 is 0 Å². The standard InChI is InChI=1S/C23H36NO3/c1-3-4-5-6-10-19-11-9-12-20(17-19)23(2,26)22(25)27-21-13-16-24(18-21)14-7-8-15-24/h9,11-12,17,21,26H,3-8,10,13-16,18H2,1-2H3/q+1. The van der Waals surface area contributed by atoms with E-state index in [1.807, 2.05) is 18.2 Å². The zero-order chi connectivity index (χ0) is 19.3. The number of rotatable bonds is 8. The van der Waals surface area contributed by atoms with Crippen molar-refractivity contribution in [1.29, 1.82) is 0 Å². The van der Waals surface area contributed by atoms with Gasteiger partial charge in [0.05, 0.1) is 19.6 Å². The lowest BCUT2D eigenvalue weighted by Gasteiger charge is -2.29. The molecule has 1 spiro atoms. The van der Waals surface area contributed by atoms with Crippen molar-refractivity contribution < 1.29 is 19.1 Å². The van der Waals surface area contributed by atoms with Crippen LogP contribution in [0.5, 0.6) is 0 Å². The van der Waals surface area contributed by atoms with E-state index < -0.39 is 11.6 Å². The molecular formula is C23H36NO3+. The fourth-order valence-electron chi connectivity index (χ4n) is 4.71. The molecule has 2 heterocycles. The van der Waals surface area contributed by atoms with Gasteiger partial charge in [-0.15, -0.1) is 0 Å². The van der Waals surface area contributed by atoms with Crippen molar-refractivity contribution >= 4 is 5.97 Å². The highest BCUT2D eigenvalue weighted by Crippen LogP contribution is 2.30. The van der Waals surface area contributed by atoms with Crippen molar-refractivity contribution in [2.24, 2.45) is 0 Å². The molecule has 2 atom stereocenters. The lowest BCUT2D eigenvalue weighted by atomic mass is 9.93. The van der Waals surface area contributed by atoms with Gasteiger partial charge in [0.25, 0.3) is 0 Å². The first kappa shape index (κ1) is 20.3. The third-order valence-corrected chi connectivity index (χ3v) is 6.51. The molecule has 0 aliphatic carbocycles. The summed E-state index contributed by atoms with van der Waals surface area (Å²) < 4.78 is 6.87. The Morgan fingerprint density at radius 2 is 2.00 bits per heavy atom. The van der Waals surface area contributed by atoms with Crippen molar-refractivity contribution in [1.82, 2.24) is 0 Å². The molecule has 2 saturated heterocycles. The van der Waals surface area contributed by atoms with Gasteiger partial charge in [0.2, 0.25) is 0 Å². The fraction of sp³-hybridized carbons (Fsp3) is 0.696. The topological polar surface area (TPSA) is 46.5 Å². The van der Waals surface area contributed by atoms with Crippen LogP contribution in [-0.2, 0) is 21.6 Å². The smallest absolute Gasteiger partial charge is 0.343 e. The van der Waals surface area contributed by atoms with Gasteiger partial charge < -0.3 is 14.3 Å². The van der Waals surface area contributed by atoms with Gasteiger partial charge in [-0.3, -0.25) is 0 Å². The number of ether oxygens (including phenoxy) is 1. The molecule has 0 aromatic heterocycles. The largest absolute Gasteiger partial charge is 0.454 e. The highest BCUT2D eigenvalue weighted by atomic mass is 16.6. The van der Waals surface area contributed by atoms with E-state index in [1.54, 1.807) is 6.92 Å². The maximum atomic E-state index is 12.8. The Morgan fingerprint density at radius 3 is 2.74 bits per heavy atom. The Kier molecular flexibility index (Phi) is 6.59. The van der Waals surface area contributed by atoms with Gasteiger partial charge in [-0.1, -0.05) is 50.5 Å². The molecule has 27 heavy (non-hydrogen) atoms. The quantitative estimate of drug-likeness (QED) is 0.426. The summed E-state index contributed by atoms with van der Waals surface area (Å²) in [7, 11) is 0. The third-order valence-electron chi connectivity index (χ3n) is 6.51. The maximum Gasteiger partial charge on any atom is 0.343 e. The van der Waals surface area contributed by atoms with Crippen LogP contribution in [-0.4, -0.2) is 47.8 Å². The molecule has 4 nitrogen and oxygen atoms in total. The molecule has 2 fully saturated rings. The lowest BCUT2D eigenvalue weighted by molar-refractivity contribution is -0.906. The van der Waals surface area contributed by atoms with E-state index in [2.05, 4.69) is 13.0 Å². The minimum Gasteiger partial charge on any atom is -0.454 e. The number of hydrogen-bond acceptors (Lipinski definition) is 3. The zero-order valence-corrected chi connectivity index (χ0v) is 17.1. The predicted molar refractivity (Wildman–Crippen MR) is 107 cm³/mol. The number of carbonyl (C=O) groups is 1. The second-order valence-corrected chi connectivity index (χ2v) is 8.80. The van der Waals surface area contributed by atoms with E-state index >= 15 is 0 Å². The van der Waals surface area contributed by atoms with Crippen LogP contribution in [0.4, 0.5) is 0 Å². The van der Waals surface area contributed by atoms with Crippen LogP contribution in [0.1, 0.15) is 69.9 Å². The summed E-state index contributed by atoms with van der Waals surface area (Å²) in [6, 6.07) is 7.82. The third kappa shape index (κ3) is 4.91. The van der Waals surface area contributed by atoms with E-state index in [9.17, 15) is 9.90 Å². The SMILES string of the molecule is CCCCCCc1cccc(C(C)(O)C(=O)OC2CC[N+]3(CCCC3)C2)c1. The van der Waals surface area contributed by atoms with Crippen LogP contribution in [0.3, 0.4) is 0 Å². The number of quaternary nitrogens is 1. The van der Waals surface area contributed by atoms with Crippen molar-refractivity contribution in [3.63, 3.8) is 0 Å². The Hall–Kier alpha value is -1.39. The predicted octanol–water partition coefficient (Wildman–Crippen LogP) is 3.94. The highest BCUT2D eigenvalue weighted by Gasteiger charge is 2.44. The molecule has 3 rings (SSSR count). The van der Waals surface area contributed by atoms with Gasteiger partial charge in [-0.25, -0.2) is 4.79 Å². The number of unbranched alkanes of at least 4 members (excludes halogenated alkanes) is 3. The van der Waals surface area contributed by atoms with Crippen LogP contribution in [0.15, 0.2) is 24.3 Å². The van der Waals surface area contributed by atoms with Crippen molar-refractivity contribution in [2.75, 3.05) is 26.2 Å². The summed E-state index contributed by atoms with van der Waals surface area (Å²) >= 11 is 0. The molecule has 2 aliphatic rings. The van der Waals surface area contributed by atoms with E-state index in [0.717, 1.165) is 36.8 Å². The molecule has 1 aromatic rings. The first-order valence-corrected chi connectivity index (χ1v) is 10.8. The summed E-state index contributed by atoms with van der Waals surface area (Å²) in [5.41, 5.74) is 0.236. The molecule has 1 N–H and O–H groups in total. The summed E-state index contributed by atoms with van der Waals surface area (Å²) in [6.45, 7) is 8.23. The van der Waals surface area contributed by atoms with E-state index in [-0.39, 0.29) is 6.10 Å². The zero-order valence-electron chi connectivity index (χ0n) is 17.1. The first-order valence-electron chi connectivity index (χ1n) is 10.8. The van der Waals surface area contributed by atoms with E-state index in [1.165, 1.54) is 50.8 Å². The van der Waals surface area contributed by atoms with Crippen LogP contribution in [0.2, 0.25) is 0 Å². The summed E-state index contributed by atoms with van der Waals surface area (Å²) in [5.74, 6) is -0.505. The van der Waals surface area contributed by atoms with Crippen LogP contribution in [0, 0.1) is 0 Å². The number of carbonyl (C=O) groups excluding carboxylic acids is 1. The molecule has 2 unspecified atom stereocenters. The Morgan fingerprint density at radius 1 is 1.22 bits per heavy atom. The van der Waals surface area contributed by atoms with E-state index in [4.69, 9.17) is 4.74 Å². The average molecular weight is 375 g/mol. The molecule has 1 aromatic carbocycles. The Bertz CT molecular complexity index is 634. The monoisotopic (exact) mass is 374 g/mol. The molecule has 2 aliphatic heterocycles. The number of aliphatic hydroxyl groups is 1. The van der Waals surface area contributed by atoms with Gasteiger partial charge >= 0.3 is 5.97 Å². The molecule has 0 radical (unpaired) electrons. The number of benzene rings is 1. The lowest BCUT2D eigenvalue weighted by Crippen LogP contribution is -2.44. The van der Waals surface area contributed by atoms with Crippen LogP contribution >= 0.6 is 0 Å². The van der Waals surface area contributed by atoms with Gasteiger partial charge in [-0.05, 0) is 30.9 Å². The second kappa shape index (κ2) is 8.74. The highest BCUT2D eigenvalue weighted by molar-refractivity contribution is 5.80. The first-order chi connectivity index (χ1) is 13.0. The van der Waals surface area contributed by atoms with Gasteiger partial charge in [0, 0.05) is 19.3 Å². The molecule has 0 bridgehead atoms. The summed E-state index contributed by atoms with van der Waals surface area (Å²) in [4.78, 5) is 12.8. The second-order valence-electron chi connectivity index (χ2n) is 8.80. The van der Waals surface area contributed by atoms with Crippen LogP contribution in [0.25, 0.3) is 0 Å². The summed E-state index contributed by atoms with van der Waals surface area (Å²) in [6.07, 6.45) is 9.26. The number of aryl methyl sites for hydroxylation is 1. The number of esters is 1. The van der Waals surface area contributed by atoms with Crippen molar-refractivity contribution in [3.05, 3.63) is 35.4 Å². The molecule has 0 amide bonds. The minimum atomic E-state index is -1.59. The van der Waals surface area contributed by atoms with Gasteiger partial charge in [-0.2, -0.15) is 0 Å². The van der Waals surface area contributed by atoms with Crippen molar-refractivity contribution in [3.8, 4) is 0 Å². The van der Waals surface area contributed by atoms with Gasteiger partial charge in [0.15, 0.2) is 11.7 Å². The molecular weight excluding hydrogens is 338 g/mol. The maximum absolute atomic E-state index is 12.8. The normalized spacial score (nSPS) is 23.4. The van der Waals surface area contributed by atoms with Gasteiger partial charge in [0.1, 0.15) is 6.54 Å². The molecule has 0 saturated carbocycles. The Labute approximate surface area is 164 Å². The molecule has 4 heteroatoms. The average Bonchev–Trinajstić information content (AvgIpc) is 3.28. The Balaban J connectivity index is 1.59.